The summed E-state index contributed by atoms with van der Waals surface area (Å²) in [5.74, 6) is 0.0325. The van der Waals surface area contributed by atoms with E-state index in [1.165, 1.54) is 7.11 Å². The molecule has 0 aliphatic carbocycles. The number of rotatable bonds is 2. The molecule has 5 nitrogen and oxygen atoms in total. The van der Waals surface area contributed by atoms with Crippen LogP contribution in [0.2, 0.25) is 0 Å². The average molecular weight is 213 g/mol. The largest absolute Gasteiger partial charge is 0.388 e. The lowest BCUT2D eigenvalue weighted by Crippen LogP contribution is -2.58. The minimum absolute atomic E-state index is 0.0325. The molecule has 0 unspecified atom stereocenters. The number of halogens is 1. The number of methoxy groups -OCH3 is 1. The first kappa shape index (κ1) is 11.2. The number of hydrogen-bond donors (Lipinski definition) is 3. The molecule has 1 saturated heterocycles. The minimum Gasteiger partial charge on any atom is -0.388 e. The summed E-state index contributed by atoms with van der Waals surface area (Å²) in [5.41, 5.74) is 0. The van der Waals surface area contributed by atoms with Crippen LogP contribution in [0, 0.1) is 0 Å². The standard InChI is InChI=1S/C7H13ClO5/c1-12-7-6(11)5(10)4(9)3(2-8)13-7/h3-7,9-11H,2H2,1H3/t3-,4+,5+,6-,7-/m0/s1. The number of aliphatic hydroxyl groups is 3. The lowest BCUT2D eigenvalue weighted by molar-refractivity contribution is -0.285. The van der Waals surface area contributed by atoms with Gasteiger partial charge in [0.1, 0.15) is 24.4 Å². The summed E-state index contributed by atoms with van der Waals surface area (Å²) >= 11 is 5.48. The van der Waals surface area contributed by atoms with E-state index in [4.69, 9.17) is 21.1 Å². The average Bonchev–Trinajstić information content (AvgIpc) is 2.15. The molecule has 1 aliphatic heterocycles. The first-order valence-electron chi connectivity index (χ1n) is 3.90. The molecular weight excluding hydrogens is 200 g/mol. The topological polar surface area (TPSA) is 79.2 Å². The third-order valence-electron chi connectivity index (χ3n) is 2.05. The molecule has 0 amide bonds. The molecule has 1 fully saturated rings. The van der Waals surface area contributed by atoms with Crippen molar-refractivity contribution in [1.82, 2.24) is 0 Å². The van der Waals surface area contributed by atoms with Crippen LogP contribution < -0.4 is 0 Å². The predicted octanol–water partition coefficient (Wildman–Crippen LogP) is -1.32. The van der Waals surface area contributed by atoms with Gasteiger partial charge in [0.2, 0.25) is 0 Å². The summed E-state index contributed by atoms with van der Waals surface area (Å²) in [7, 11) is 1.34. The Morgan fingerprint density at radius 2 is 1.85 bits per heavy atom. The maximum atomic E-state index is 9.35. The summed E-state index contributed by atoms with van der Waals surface area (Å²) < 4.78 is 9.82. The Kier molecular flexibility index (Phi) is 3.90. The van der Waals surface area contributed by atoms with E-state index in [-0.39, 0.29) is 5.88 Å². The zero-order valence-corrected chi connectivity index (χ0v) is 7.89. The minimum atomic E-state index is -1.29. The zero-order chi connectivity index (χ0) is 10.0. The van der Waals surface area contributed by atoms with Crippen LogP contribution >= 0.6 is 11.6 Å². The van der Waals surface area contributed by atoms with Gasteiger partial charge in [0.05, 0.1) is 5.88 Å². The fourth-order valence-electron chi connectivity index (χ4n) is 1.24. The Bertz CT molecular complexity index is 147. The zero-order valence-electron chi connectivity index (χ0n) is 7.13. The van der Waals surface area contributed by atoms with Gasteiger partial charge in [-0.3, -0.25) is 0 Å². The van der Waals surface area contributed by atoms with Crippen molar-refractivity contribution in [1.29, 1.82) is 0 Å². The molecule has 78 valence electrons. The van der Waals surface area contributed by atoms with Gasteiger partial charge in [-0.1, -0.05) is 0 Å². The van der Waals surface area contributed by atoms with Gasteiger partial charge in [-0.05, 0) is 0 Å². The van der Waals surface area contributed by atoms with E-state index in [0.29, 0.717) is 0 Å². The van der Waals surface area contributed by atoms with Crippen molar-refractivity contribution in [3.8, 4) is 0 Å². The molecule has 3 N–H and O–H groups in total. The van der Waals surface area contributed by atoms with E-state index < -0.39 is 30.7 Å². The Morgan fingerprint density at radius 3 is 2.31 bits per heavy atom. The maximum absolute atomic E-state index is 9.35. The Hall–Kier alpha value is 0.0900. The van der Waals surface area contributed by atoms with Crippen molar-refractivity contribution in [3.05, 3.63) is 0 Å². The molecule has 0 bridgehead atoms. The summed E-state index contributed by atoms with van der Waals surface area (Å²) in [6, 6.07) is 0. The van der Waals surface area contributed by atoms with Gasteiger partial charge in [-0.25, -0.2) is 0 Å². The highest BCUT2D eigenvalue weighted by Gasteiger charge is 2.43. The van der Waals surface area contributed by atoms with Crippen LogP contribution in [-0.4, -0.2) is 59.0 Å². The third kappa shape index (κ3) is 2.12. The van der Waals surface area contributed by atoms with Crippen LogP contribution in [0.15, 0.2) is 0 Å². The van der Waals surface area contributed by atoms with Crippen molar-refractivity contribution < 1.29 is 24.8 Å². The van der Waals surface area contributed by atoms with Gasteiger partial charge in [-0.2, -0.15) is 0 Å². The number of alkyl halides is 1. The van der Waals surface area contributed by atoms with Crippen molar-refractivity contribution >= 4 is 11.6 Å². The molecule has 0 spiro atoms. The Balaban J connectivity index is 2.66. The third-order valence-corrected chi connectivity index (χ3v) is 2.36. The summed E-state index contributed by atoms with van der Waals surface area (Å²) in [5, 5.41) is 28.0. The highest BCUT2D eigenvalue weighted by molar-refractivity contribution is 6.18. The van der Waals surface area contributed by atoms with Crippen LogP contribution in [-0.2, 0) is 9.47 Å². The quantitative estimate of drug-likeness (QED) is 0.495. The van der Waals surface area contributed by atoms with Crippen molar-refractivity contribution in [2.24, 2.45) is 0 Å². The van der Waals surface area contributed by atoms with Crippen LogP contribution in [0.3, 0.4) is 0 Å². The molecule has 5 atom stereocenters. The second-order valence-electron chi connectivity index (χ2n) is 2.90. The lowest BCUT2D eigenvalue weighted by atomic mass is 10.00. The molecule has 1 rings (SSSR count). The van der Waals surface area contributed by atoms with E-state index >= 15 is 0 Å². The monoisotopic (exact) mass is 212 g/mol. The Labute approximate surface area is 80.8 Å². The van der Waals surface area contributed by atoms with E-state index in [0.717, 1.165) is 0 Å². The molecule has 1 heterocycles. The smallest absolute Gasteiger partial charge is 0.186 e. The SMILES string of the molecule is CO[C@H]1O[C@@H](CCl)[C@@H](O)[C@@H](O)[C@@H]1O. The van der Waals surface area contributed by atoms with E-state index in [1.807, 2.05) is 0 Å². The molecule has 0 saturated carbocycles. The molecule has 1 aliphatic rings. The molecular formula is C7H13ClO5. The molecule has 6 heteroatoms. The summed E-state index contributed by atoms with van der Waals surface area (Å²) in [6.45, 7) is 0. The molecule has 13 heavy (non-hydrogen) atoms. The van der Waals surface area contributed by atoms with Crippen molar-refractivity contribution in [2.45, 2.75) is 30.7 Å². The number of hydrogen-bond acceptors (Lipinski definition) is 5. The maximum Gasteiger partial charge on any atom is 0.186 e. The van der Waals surface area contributed by atoms with E-state index in [2.05, 4.69) is 0 Å². The second-order valence-corrected chi connectivity index (χ2v) is 3.21. The van der Waals surface area contributed by atoms with Gasteiger partial charge in [0, 0.05) is 7.11 Å². The van der Waals surface area contributed by atoms with Gasteiger partial charge in [-0.15, -0.1) is 11.6 Å². The summed E-state index contributed by atoms with van der Waals surface area (Å²) in [6.07, 6.45) is -5.38. The Morgan fingerprint density at radius 1 is 1.23 bits per heavy atom. The lowest BCUT2D eigenvalue weighted by Gasteiger charge is -2.38. The summed E-state index contributed by atoms with van der Waals surface area (Å²) in [4.78, 5) is 0. The predicted molar refractivity (Wildman–Crippen MR) is 44.4 cm³/mol. The highest BCUT2D eigenvalue weighted by Crippen LogP contribution is 2.22. The van der Waals surface area contributed by atoms with Gasteiger partial charge >= 0.3 is 0 Å². The van der Waals surface area contributed by atoms with Gasteiger partial charge < -0.3 is 24.8 Å². The van der Waals surface area contributed by atoms with Crippen LogP contribution in [0.4, 0.5) is 0 Å². The van der Waals surface area contributed by atoms with E-state index in [1.54, 1.807) is 0 Å². The fraction of sp³-hybridized carbons (Fsp3) is 1.00. The molecule has 0 aromatic carbocycles. The highest BCUT2D eigenvalue weighted by atomic mass is 35.5. The van der Waals surface area contributed by atoms with Crippen LogP contribution in [0.25, 0.3) is 0 Å². The fourth-order valence-corrected chi connectivity index (χ4v) is 1.49. The number of aliphatic hydroxyl groups excluding tert-OH is 3. The van der Waals surface area contributed by atoms with Crippen LogP contribution in [0.5, 0.6) is 0 Å². The molecule has 0 radical (unpaired) electrons. The number of ether oxygens (including phenoxy) is 2. The van der Waals surface area contributed by atoms with E-state index in [9.17, 15) is 15.3 Å². The van der Waals surface area contributed by atoms with Gasteiger partial charge in [0.25, 0.3) is 0 Å². The molecule has 0 aromatic rings. The second kappa shape index (κ2) is 4.54. The molecule has 0 aromatic heterocycles. The van der Waals surface area contributed by atoms with Crippen molar-refractivity contribution in [2.75, 3.05) is 13.0 Å². The van der Waals surface area contributed by atoms with Crippen LogP contribution in [0.1, 0.15) is 0 Å². The first-order chi connectivity index (χ1) is 6.11. The normalized spacial score (nSPS) is 46.4. The van der Waals surface area contributed by atoms with Gasteiger partial charge in [0.15, 0.2) is 6.29 Å². The van der Waals surface area contributed by atoms with Crippen molar-refractivity contribution in [3.63, 3.8) is 0 Å². The first-order valence-corrected chi connectivity index (χ1v) is 4.43.